The molecule has 0 saturated heterocycles. The van der Waals surface area contributed by atoms with Crippen LogP contribution in [0, 0.1) is 0 Å². The molecule has 52 valence electrons. The van der Waals surface area contributed by atoms with Crippen LogP contribution in [-0.4, -0.2) is 11.9 Å². The Labute approximate surface area is 56.0 Å². The van der Waals surface area contributed by atoms with E-state index in [2.05, 4.69) is 11.9 Å². The zero-order valence-corrected chi connectivity index (χ0v) is 5.98. The predicted molar refractivity (Wildman–Crippen MR) is 38.1 cm³/mol. The topological polar surface area (TPSA) is 29.1 Å². The van der Waals surface area contributed by atoms with Crippen molar-refractivity contribution >= 4 is 5.91 Å². The lowest BCUT2D eigenvalue weighted by Gasteiger charge is -2.08. The molecule has 0 aliphatic carbocycles. The van der Waals surface area contributed by atoms with Crippen LogP contribution >= 0.6 is 0 Å². The highest BCUT2D eigenvalue weighted by molar-refractivity contribution is 5.73. The van der Waals surface area contributed by atoms with E-state index < -0.39 is 0 Å². The summed E-state index contributed by atoms with van der Waals surface area (Å²) in [6, 6.07) is 0.141. The van der Waals surface area contributed by atoms with Gasteiger partial charge in [-0.05, 0) is 6.42 Å². The minimum absolute atomic E-state index is 0.00162. The Morgan fingerprint density at radius 3 is 2.56 bits per heavy atom. The maximum absolute atomic E-state index is 10.4. The quantitative estimate of drug-likeness (QED) is 0.565. The van der Waals surface area contributed by atoms with E-state index in [1.165, 1.54) is 6.92 Å². The van der Waals surface area contributed by atoms with Crippen LogP contribution in [0.2, 0.25) is 0 Å². The molecule has 2 nitrogen and oxygen atoms in total. The first-order valence-corrected chi connectivity index (χ1v) is 3.10. The van der Waals surface area contributed by atoms with Crippen molar-refractivity contribution in [2.24, 2.45) is 0 Å². The van der Waals surface area contributed by atoms with Crippen molar-refractivity contribution in [2.45, 2.75) is 26.3 Å². The third-order valence-corrected chi connectivity index (χ3v) is 1.11. The lowest BCUT2D eigenvalue weighted by Crippen LogP contribution is -2.30. The fourth-order valence-corrected chi connectivity index (χ4v) is 0.589. The first-order valence-electron chi connectivity index (χ1n) is 3.10. The number of carbonyl (C=O) groups excluding carboxylic acids is 1. The Hall–Kier alpha value is -0.790. The molecular formula is C7H13NO. The van der Waals surface area contributed by atoms with Crippen LogP contribution in [0.4, 0.5) is 0 Å². The van der Waals surface area contributed by atoms with Gasteiger partial charge in [0.2, 0.25) is 5.91 Å². The molecule has 0 radical (unpaired) electrons. The van der Waals surface area contributed by atoms with Gasteiger partial charge in [-0.15, -0.1) is 6.58 Å². The molecule has 0 aliphatic rings. The normalized spacial score (nSPS) is 12.2. The molecule has 9 heavy (non-hydrogen) atoms. The average molecular weight is 127 g/mol. The number of amides is 1. The SMILES string of the molecule is C=CC(CC)NC(C)=O. The van der Waals surface area contributed by atoms with E-state index in [1.807, 2.05) is 6.92 Å². The van der Waals surface area contributed by atoms with Gasteiger partial charge in [0.15, 0.2) is 0 Å². The standard InChI is InChI=1S/C7H13NO/c1-4-7(5-2)8-6(3)9/h4,7H,1,5H2,2-3H3,(H,8,9). The van der Waals surface area contributed by atoms with Gasteiger partial charge in [0.1, 0.15) is 0 Å². The summed E-state index contributed by atoms with van der Waals surface area (Å²) in [6.45, 7) is 7.08. The van der Waals surface area contributed by atoms with Crippen LogP contribution in [0.3, 0.4) is 0 Å². The molecule has 1 amide bonds. The van der Waals surface area contributed by atoms with Crippen LogP contribution in [0.15, 0.2) is 12.7 Å². The highest BCUT2D eigenvalue weighted by atomic mass is 16.1. The summed E-state index contributed by atoms with van der Waals surface area (Å²) in [5.41, 5.74) is 0. The summed E-state index contributed by atoms with van der Waals surface area (Å²) in [5.74, 6) is 0.00162. The van der Waals surface area contributed by atoms with Gasteiger partial charge in [-0.3, -0.25) is 4.79 Å². The van der Waals surface area contributed by atoms with Gasteiger partial charge < -0.3 is 5.32 Å². The monoisotopic (exact) mass is 127 g/mol. The summed E-state index contributed by atoms with van der Waals surface area (Å²) in [7, 11) is 0. The molecule has 2 heteroatoms. The van der Waals surface area contributed by atoms with E-state index in [0.29, 0.717) is 0 Å². The van der Waals surface area contributed by atoms with Crippen molar-refractivity contribution in [1.82, 2.24) is 5.32 Å². The second-order valence-corrected chi connectivity index (χ2v) is 1.95. The third-order valence-electron chi connectivity index (χ3n) is 1.11. The van der Waals surface area contributed by atoms with Gasteiger partial charge in [-0.1, -0.05) is 13.0 Å². The highest BCUT2D eigenvalue weighted by Crippen LogP contribution is 1.89. The van der Waals surface area contributed by atoms with Crippen molar-refractivity contribution in [3.63, 3.8) is 0 Å². The molecule has 0 heterocycles. The molecular weight excluding hydrogens is 114 g/mol. The highest BCUT2D eigenvalue weighted by Gasteiger charge is 1.99. The van der Waals surface area contributed by atoms with Crippen LogP contribution in [-0.2, 0) is 4.79 Å². The van der Waals surface area contributed by atoms with Crippen molar-refractivity contribution in [2.75, 3.05) is 0 Å². The average Bonchev–Trinajstić information content (AvgIpc) is 1.82. The summed E-state index contributed by atoms with van der Waals surface area (Å²) in [6.07, 6.45) is 2.64. The van der Waals surface area contributed by atoms with E-state index >= 15 is 0 Å². The number of hydrogen-bond acceptors (Lipinski definition) is 1. The molecule has 0 rings (SSSR count). The first-order chi connectivity index (χ1) is 4.20. The molecule has 0 bridgehead atoms. The smallest absolute Gasteiger partial charge is 0.217 e. The Morgan fingerprint density at radius 2 is 2.44 bits per heavy atom. The van der Waals surface area contributed by atoms with Crippen molar-refractivity contribution in [3.8, 4) is 0 Å². The molecule has 1 atom stereocenters. The Morgan fingerprint density at radius 1 is 1.89 bits per heavy atom. The van der Waals surface area contributed by atoms with Gasteiger partial charge in [0.25, 0.3) is 0 Å². The third kappa shape index (κ3) is 3.76. The zero-order valence-electron chi connectivity index (χ0n) is 5.98. The van der Waals surface area contributed by atoms with E-state index in [9.17, 15) is 4.79 Å². The number of rotatable bonds is 3. The number of hydrogen-bond donors (Lipinski definition) is 1. The summed E-state index contributed by atoms with van der Waals surface area (Å²) in [4.78, 5) is 10.4. The van der Waals surface area contributed by atoms with Gasteiger partial charge in [0.05, 0.1) is 0 Å². The van der Waals surface area contributed by atoms with Crippen LogP contribution in [0.1, 0.15) is 20.3 Å². The summed E-state index contributed by atoms with van der Waals surface area (Å²) in [5, 5.41) is 2.72. The lowest BCUT2D eigenvalue weighted by atomic mass is 10.2. The van der Waals surface area contributed by atoms with Crippen molar-refractivity contribution in [1.29, 1.82) is 0 Å². The first kappa shape index (κ1) is 8.21. The zero-order chi connectivity index (χ0) is 7.28. The maximum atomic E-state index is 10.4. The molecule has 0 aromatic carbocycles. The van der Waals surface area contributed by atoms with Crippen LogP contribution in [0.5, 0.6) is 0 Å². The fourth-order valence-electron chi connectivity index (χ4n) is 0.589. The predicted octanol–water partition coefficient (Wildman–Crippen LogP) is 1.09. The molecule has 0 spiro atoms. The van der Waals surface area contributed by atoms with Crippen LogP contribution < -0.4 is 5.32 Å². The van der Waals surface area contributed by atoms with E-state index in [0.717, 1.165) is 6.42 Å². The fraction of sp³-hybridized carbons (Fsp3) is 0.571. The Kier molecular flexibility index (Phi) is 3.76. The Bertz CT molecular complexity index is 109. The second-order valence-electron chi connectivity index (χ2n) is 1.95. The van der Waals surface area contributed by atoms with Gasteiger partial charge in [0, 0.05) is 13.0 Å². The molecule has 1 N–H and O–H groups in total. The van der Waals surface area contributed by atoms with Gasteiger partial charge in [-0.2, -0.15) is 0 Å². The second kappa shape index (κ2) is 4.13. The summed E-state index contributed by atoms with van der Waals surface area (Å²) < 4.78 is 0. The summed E-state index contributed by atoms with van der Waals surface area (Å²) >= 11 is 0. The van der Waals surface area contributed by atoms with E-state index in [1.54, 1.807) is 6.08 Å². The number of nitrogens with one attached hydrogen (secondary N) is 1. The Balaban J connectivity index is 3.55. The molecule has 0 aromatic rings. The number of carbonyl (C=O) groups is 1. The van der Waals surface area contributed by atoms with E-state index in [-0.39, 0.29) is 11.9 Å². The van der Waals surface area contributed by atoms with Gasteiger partial charge in [-0.25, -0.2) is 0 Å². The molecule has 0 aromatic heterocycles. The van der Waals surface area contributed by atoms with Crippen LogP contribution in [0.25, 0.3) is 0 Å². The maximum Gasteiger partial charge on any atom is 0.217 e. The molecule has 1 unspecified atom stereocenters. The molecule has 0 saturated carbocycles. The largest absolute Gasteiger partial charge is 0.350 e. The lowest BCUT2D eigenvalue weighted by molar-refractivity contribution is -0.119. The van der Waals surface area contributed by atoms with Gasteiger partial charge >= 0.3 is 0 Å². The molecule has 0 fully saturated rings. The minimum Gasteiger partial charge on any atom is -0.350 e. The van der Waals surface area contributed by atoms with Crippen molar-refractivity contribution in [3.05, 3.63) is 12.7 Å². The minimum atomic E-state index is 0.00162. The molecule has 0 aliphatic heterocycles. The van der Waals surface area contributed by atoms with Crippen molar-refractivity contribution < 1.29 is 4.79 Å². The van der Waals surface area contributed by atoms with E-state index in [4.69, 9.17) is 0 Å².